The van der Waals surface area contributed by atoms with Crippen LogP contribution in [-0.2, 0) is 4.79 Å². The molecule has 94 valence electrons. The molecule has 1 atom stereocenters. The summed E-state index contributed by atoms with van der Waals surface area (Å²) < 4.78 is 12.8. The maximum atomic E-state index is 12.8. The third-order valence-electron chi connectivity index (χ3n) is 2.57. The van der Waals surface area contributed by atoms with Crippen molar-refractivity contribution in [2.24, 2.45) is 5.73 Å². The van der Waals surface area contributed by atoms with Crippen LogP contribution in [0.3, 0.4) is 0 Å². The normalized spacial score (nSPS) is 12.2. The van der Waals surface area contributed by atoms with Gasteiger partial charge in [-0.2, -0.15) is 0 Å². The van der Waals surface area contributed by atoms with Gasteiger partial charge in [-0.15, -0.1) is 0 Å². The number of carbonyl (C=O) groups excluding carboxylic acids is 1. The molecule has 0 aliphatic carbocycles. The molecule has 0 spiro atoms. The molecule has 0 radical (unpaired) electrons. The third kappa shape index (κ3) is 4.15. The lowest BCUT2D eigenvalue weighted by molar-refractivity contribution is -0.118. The molecule has 1 aromatic carbocycles. The van der Waals surface area contributed by atoms with Gasteiger partial charge in [0, 0.05) is 24.7 Å². The van der Waals surface area contributed by atoms with Crippen molar-refractivity contribution in [1.82, 2.24) is 0 Å². The second kappa shape index (κ2) is 6.35. The lowest BCUT2D eigenvalue weighted by atomic mass is 10.1. The minimum Gasteiger partial charge on any atom is -0.328 e. The predicted molar refractivity (Wildman–Crippen MR) is 67.3 cm³/mol. The van der Waals surface area contributed by atoms with Gasteiger partial charge in [-0.05, 0) is 44.5 Å². The zero-order chi connectivity index (χ0) is 12.8. The highest BCUT2D eigenvalue weighted by molar-refractivity contribution is 5.93. The summed E-state index contributed by atoms with van der Waals surface area (Å²) in [6, 6.07) is 5.96. The second-order valence-corrected chi connectivity index (χ2v) is 4.13. The number of hydrogen-bond acceptors (Lipinski definition) is 2. The SMILES string of the molecule is CCN(C(=O)CCC(C)N)c1ccc(F)cc1. The number of hydrogen-bond donors (Lipinski definition) is 1. The van der Waals surface area contributed by atoms with E-state index in [1.165, 1.54) is 12.1 Å². The number of benzene rings is 1. The number of nitrogens with zero attached hydrogens (tertiary/aromatic N) is 1. The molecular formula is C13H19FN2O. The van der Waals surface area contributed by atoms with E-state index in [4.69, 9.17) is 5.73 Å². The van der Waals surface area contributed by atoms with Crippen LogP contribution < -0.4 is 10.6 Å². The zero-order valence-electron chi connectivity index (χ0n) is 10.3. The molecule has 1 unspecified atom stereocenters. The van der Waals surface area contributed by atoms with Gasteiger partial charge in [0.2, 0.25) is 5.91 Å². The maximum Gasteiger partial charge on any atom is 0.227 e. The van der Waals surface area contributed by atoms with E-state index in [1.54, 1.807) is 17.0 Å². The molecule has 0 saturated heterocycles. The number of nitrogens with two attached hydrogens (primary N) is 1. The van der Waals surface area contributed by atoms with Crippen LogP contribution in [-0.4, -0.2) is 18.5 Å². The van der Waals surface area contributed by atoms with Crippen LogP contribution >= 0.6 is 0 Å². The Bertz CT molecular complexity index is 362. The van der Waals surface area contributed by atoms with Crippen molar-refractivity contribution in [3.63, 3.8) is 0 Å². The molecule has 1 rings (SSSR count). The van der Waals surface area contributed by atoms with E-state index in [0.29, 0.717) is 19.4 Å². The van der Waals surface area contributed by atoms with Crippen molar-refractivity contribution in [2.45, 2.75) is 32.7 Å². The Morgan fingerprint density at radius 1 is 1.41 bits per heavy atom. The van der Waals surface area contributed by atoms with E-state index in [1.807, 2.05) is 13.8 Å². The highest BCUT2D eigenvalue weighted by Crippen LogP contribution is 2.16. The van der Waals surface area contributed by atoms with Crippen molar-refractivity contribution in [2.75, 3.05) is 11.4 Å². The first-order valence-corrected chi connectivity index (χ1v) is 5.86. The fourth-order valence-corrected chi connectivity index (χ4v) is 1.61. The van der Waals surface area contributed by atoms with E-state index >= 15 is 0 Å². The highest BCUT2D eigenvalue weighted by atomic mass is 19.1. The minimum absolute atomic E-state index is 0.0193. The van der Waals surface area contributed by atoms with Crippen molar-refractivity contribution < 1.29 is 9.18 Å². The number of rotatable bonds is 5. The fourth-order valence-electron chi connectivity index (χ4n) is 1.61. The minimum atomic E-state index is -0.298. The molecule has 1 aromatic rings. The Kier molecular flexibility index (Phi) is 5.10. The molecule has 0 bridgehead atoms. The Hall–Kier alpha value is -1.42. The smallest absolute Gasteiger partial charge is 0.227 e. The van der Waals surface area contributed by atoms with Gasteiger partial charge < -0.3 is 10.6 Å². The topological polar surface area (TPSA) is 46.3 Å². The second-order valence-electron chi connectivity index (χ2n) is 4.13. The van der Waals surface area contributed by atoms with Crippen molar-refractivity contribution >= 4 is 11.6 Å². The third-order valence-corrected chi connectivity index (χ3v) is 2.57. The van der Waals surface area contributed by atoms with Crippen molar-refractivity contribution in [1.29, 1.82) is 0 Å². The first kappa shape index (κ1) is 13.6. The zero-order valence-corrected chi connectivity index (χ0v) is 10.3. The van der Waals surface area contributed by atoms with Gasteiger partial charge in [-0.3, -0.25) is 4.79 Å². The van der Waals surface area contributed by atoms with Gasteiger partial charge in [-0.25, -0.2) is 4.39 Å². The van der Waals surface area contributed by atoms with Crippen LogP contribution in [0.4, 0.5) is 10.1 Å². The largest absolute Gasteiger partial charge is 0.328 e. The summed E-state index contributed by atoms with van der Waals surface area (Å²) in [6.45, 7) is 4.35. The van der Waals surface area contributed by atoms with Crippen molar-refractivity contribution in [3.8, 4) is 0 Å². The Balaban J connectivity index is 2.70. The molecule has 0 aliphatic heterocycles. The average molecular weight is 238 g/mol. The Morgan fingerprint density at radius 2 is 2.00 bits per heavy atom. The first-order chi connectivity index (χ1) is 8.04. The standard InChI is InChI=1S/C13H19FN2O/c1-3-16(13(17)9-4-10(2)15)12-7-5-11(14)6-8-12/h5-8,10H,3-4,9,15H2,1-2H3. The fraction of sp³-hybridized carbons (Fsp3) is 0.462. The number of carbonyl (C=O) groups is 1. The maximum absolute atomic E-state index is 12.8. The molecule has 0 saturated carbocycles. The lowest BCUT2D eigenvalue weighted by Gasteiger charge is -2.21. The van der Waals surface area contributed by atoms with Crippen LogP contribution in [0.1, 0.15) is 26.7 Å². The lowest BCUT2D eigenvalue weighted by Crippen LogP contribution is -2.31. The summed E-state index contributed by atoms with van der Waals surface area (Å²) in [4.78, 5) is 13.6. The molecule has 4 heteroatoms. The summed E-state index contributed by atoms with van der Waals surface area (Å²) in [5.74, 6) is -0.274. The summed E-state index contributed by atoms with van der Waals surface area (Å²) in [5.41, 5.74) is 6.35. The highest BCUT2D eigenvalue weighted by Gasteiger charge is 2.14. The molecule has 0 fully saturated rings. The average Bonchev–Trinajstić information content (AvgIpc) is 2.30. The number of halogens is 1. The predicted octanol–water partition coefficient (Wildman–Crippen LogP) is 2.31. The Labute approximate surface area is 101 Å². The number of anilines is 1. The van der Waals surface area contributed by atoms with Crippen LogP contribution in [0.2, 0.25) is 0 Å². The van der Waals surface area contributed by atoms with Gasteiger partial charge in [0.05, 0.1) is 0 Å². The number of amides is 1. The summed E-state index contributed by atoms with van der Waals surface area (Å²) in [6.07, 6.45) is 1.08. The van der Waals surface area contributed by atoms with Gasteiger partial charge in [-0.1, -0.05) is 0 Å². The molecule has 1 amide bonds. The summed E-state index contributed by atoms with van der Waals surface area (Å²) in [7, 11) is 0. The van der Waals surface area contributed by atoms with Gasteiger partial charge >= 0.3 is 0 Å². The molecule has 3 nitrogen and oxygen atoms in total. The van der Waals surface area contributed by atoms with E-state index in [9.17, 15) is 9.18 Å². The molecule has 0 aromatic heterocycles. The van der Waals surface area contributed by atoms with Gasteiger partial charge in [0.1, 0.15) is 5.82 Å². The summed E-state index contributed by atoms with van der Waals surface area (Å²) in [5, 5.41) is 0. The monoisotopic (exact) mass is 238 g/mol. The molecule has 17 heavy (non-hydrogen) atoms. The Morgan fingerprint density at radius 3 is 2.47 bits per heavy atom. The molecule has 0 aliphatic rings. The van der Waals surface area contributed by atoms with Crippen LogP contribution in [0.5, 0.6) is 0 Å². The van der Waals surface area contributed by atoms with E-state index in [2.05, 4.69) is 0 Å². The molecular weight excluding hydrogens is 219 g/mol. The molecule has 0 heterocycles. The first-order valence-electron chi connectivity index (χ1n) is 5.86. The van der Waals surface area contributed by atoms with Crippen LogP contribution in [0.15, 0.2) is 24.3 Å². The van der Waals surface area contributed by atoms with E-state index < -0.39 is 0 Å². The van der Waals surface area contributed by atoms with E-state index in [-0.39, 0.29) is 17.8 Å². The van der Waals surface area contributed by atoms with Gasteiger partial charge in [0.25, 0.3) is 0 Å². The van der Waals surface area contributed by atoms with Crippen LogP contribution in [0, 0.1) is 5.82 Å². The molecule has 2 N–H and O–H groups in total. The van der Waals surface area contributed by atoms with E-state index in [0.717, 1.165) is 5.69 Å². The van der Waals surface area contributed by atoms with Crippen LogP contribution in [0.25, 0.3) is 0 Å². The quantitative estimate of drug-likeness (QED) is 0.855. The van der Waals surface area contributed by atoms with Gasteiger partial charge in [0.15, 0.2) is 0 Å². The summed E-state index contributed by atoms with van der Waals surface area (Å²) >= 11 is 0. The van der Waals surface area contributed by atoms with Crippen molar-refractivity contribution in [3.05, 3.63) is 30.1 Å².